The SMILES string of the molecule is CCCN(CCO)c1cnc(C(C)C)nc1CO. The first kappa shape index (κ1) is 14.9. The zero-order valence-corrected chi connectivity index (χ0v) is 11.4. The third-order valence-electron chi connectivity index (χ3n) is 2.73. The summed E-state index contributed by atoms with van der Waals surface area (Å²) in [6.07, 6.45) is 2.72. The molecule has 0 aliphatic carbocycles. The lowest BCUT2D eigenvalue weighted by Crippen LogP contribution is -2.29. The summed E-state index contributed by atoms with van der Waals surface area (Å²) in [5.41, 5.74) is 1.45. The summed E-state index contributed by atoms with van der Waals surface area (Å²) < 4.78 is 0. The average Bonchev–Trinajstić information content (AvgIpc) is 2.37. The van der Waals surface area contributed by atoms with E-state index in [4.69, 9.17) is 5.11 Å². The molecular formula is C13H23N3O2. The Hall–Kier alpha value is -1.20. The summed E-state index contributed by atoms with van der Waals surface area (Å²) >= 11 is 0. The third kappa shape index (κ3) is 3.65. The molecule has 0 bridgehead atoms. The van der Waals surface area contributed by atoms with Crippen molar-refractivity contribution in [2.45, 2.75) is 39.7 Å². The smallest absolute Gasteiger partial charge is 0.131 e. The van der Waals surface area contributed by atoms with Crippen molar-refractivity contribution in [3.05, 3.63) is 17.7 Å². The molecule has 0 saturated heterocycles. The minimum atomic E-state index is -0.108. The Morgan fingerprint density at radius 2 is 2.00 bits per heavy atom. The highest BCUT2D eigenvalue weighted by Gasteiger charge is 2.14. The Bertz CT molecular complexity index is 363. The third-order valence-corrected chi connectivity index (χ3v) is 2.73. The second-order valence-electron chi connectivity index (χ2n) is 4.58. The fraction of sp³-hybridized carbons (Fsp3) is 0.692. The molecule has 0 saturated carbocycles. The van der Waals surface area contributed by atoms with Gasteiger partial charge in [-0.05, 0) is 6.42 Å². The maximum absolute atomic E-state index is 9.43. The van der Waals surface area contributed by atoms with E-state index in [2.05, 4.69) is 16.9 Å². The van der Waals surface area contributed by atoms with Crippen molar-refractivity contribution in [2.24, 2.45) is 0 Å². The van der Waals surface area contributed by atoms with Crippen LogP contribution in [-0.2, 0) is 6.61 Å². The van der Waals surface area contributed by atoms with Gasteiger partial charge in [0.25, 0.3) is 0 Å². The van der Waals surface area contributed by atoms with Crippen molar-refractivity contribution >= 4 is 5.69 Å². The number of nitrogens with zero attached hydrogens (tertiary/aromatic N) is 3. The second kappa shape index (κ2) is 7.28. The first-order chi connectivity index (χ1) is 8.63. The topological polar surface area (TPSA) is 69.5 Å². The zero-order chi connectivity index (χ0) is 13.5. The van der Waals surface area contributed by atoms with Crippen LogP contribution in [0.5, 0.6) is 0 Å². The number of aliphatic hydroxyl groups is 2. The van der Waals surface area contributed by atoms with Crippen LogP contribution in [0.4, 0.5) is 5.69 Å². The molecule has 1 heterocycles. The van der Waals surface area contributed by atoms with Gasteiger partial charge in [-0.2, -0.15) is 0 Å². The molecule has 0 spiro atoms. The van der Waals surface area contributed by atoms with E-state index in [0.29, 0.717) is 12.2 Å². The van der Waals surface area contributed by atoms with Crippen molar-refractivity contribution in [3.8, 4) is 0 Å². The number of anilines is 1. The highest BCUT2D eigenvalue weighted by Crippen LogP contribution is 2.20. The summed E-state index contributed by atoms with van der Waals surface area (Å²) in [6, 6.07) is 0. The van der Waals surface area contributed by atoms with E-state index in [1.165, 1.54) is 0 Å². The lowest BCUT2D eigenvalue weighted by atomic mass is 10.2. The van der Waals surface area contributed by atoms with Gasteiger partial charge in [0, 0.05) is 19.0 Å². The Morgan fingerprint density at radius 3 is 2.50 bits per heavy atom. The fourth-order valence-corrected chi connectivity index (χ4v) is 1.83. The lowest BCUT2D eigenvalue weighted by Gasteiger charge is -2.25. The first-order valence-corrected chi connectivity index (χ1v) is 6.46. The van der Waals surface area contributed by atoms with E-state index >= 15 is 0 Å². The van der Waals surface area contributed by atoms with Gasteiger partial charge in [-0.1, -0.05) is 20.8 Å². The summed E-state index contributed by atoms with van der Waals surface area (Å²) in [7, 11) is 0. The average molecular weight is 253 g/mol. The van der Waals surface area contributed by atoms with E-state index < -0.39 is 0 Å². The molecule has 5 heteroatoms. The van der Waals surface area contributed by atoms with Crippen molar-refractivity contribution < 1.29 is 10.2 Å². The van der Waals surface area contributed by atoms with Crippen molar-refractivity contribution in [1.29, 1.82) is 0 Å². The molecule has 0 radical (unpaired) electrons. The van der Waals surface area contributed by atoms with Crippen LogP contribution in [0, 0.1) is 0 Å². The van der Waals surface area contributed by atoms with Crippen LogP contribution in [0.1, 0.15) is 44.6 Å². The molecular weight excluding hydrogens is 230 g/mol. The molecule has 0 atom stereocenters. The Morgan fingerprint density at radius 1 is 1.28 bits per heavy atom. The predicted molar refractivity (Wildman–Crippen MR) is 71.6 cm³/mol. The minimum Gasteiger partial charge on any atom is -0.395 e. The standard InChI is InChI=1S/C13H23N3O2/c1-4-5-16(6-7-17)12-8-14-13(10(2)3)15-11(12)9-18/h8,10,17-18H,4-7,9H2,1-3H3. The summed E-state index contributed by atoms with van der Waals surface area (Å²) in [6.45, 7) is 7.44. The molecule has 5 nitrogen and oxygen atoms in total. The van der Waals surface area contributed by atoms with E-state index in [1.54, 1.807) is 6.20 Å². The Balaban J connectivity index is 3.05. The van der Waals surface area contributed by atoms with Crippen LogP contribution in [0.3, 0.4) is 0 Å². The molecule has 0 fully saturated rings. The van der Waals surface area contributed by atoms with Crippen molar-refractivity contribution in [3.63, 3.8) is 0 Å². The highest BCUT2D eigenvalue weighted by molar-refractivity contribution is 5.49. The summed E-state index contributed by atoms with van der Waals surface area (Å²) in [4.78, 5) is 10.7. The van der Waals surface area contributed by atoms with E-state index in [-0.39, 0.29) is 19.1 Å². The molecule has 0 aromatic carbocycles. The van der Waals surface area contributed by atoms with Crippen LogP contribution in [0.2, 0.25) is 0 Å². The molecule has 102 valence electrons. The van der Waals surface area contributed by atoms with Gasteiger partial charge in [0.05, 0.1) is 30.8 Å². The number of aliphatic hydroxyl groups excluding tert-OH is 2. The fourth-order valence-electron chi connectivity index (χ4n) is 1.83. The minimum absolute atomic E-state index is 0.0802. The monoisotopic (exact) mass is 253 g/mol. The number of rotatable bonds is 7. The number of hydrogen-bond donors (Lipinski definition) is 2. The van der Waals surface area contributed by atoms with Gasteiger partial charge in [-0.15, -0.1) is 0 Å². The van der Waals surface area contributed by atoms with Crippen LogP contribution < -0.4 is 4.90 Å². The van der Waals surface area contributed by atoms with Crippen LogP contribution in [0.25, 0.3) is 0 Å². The first-order valence-electron chi connectivity index (χ1n) is 6.46. The molecule has 2 N–H and O–H groups in total. The lowest BCUT2D eigenvalue weighted by molar-refractivity contribution is 0.275. The van der Waals surface area contributed by atoms with E-state index in [1.807, 2.05) is 18.7 Å². The van der Waals surface area contributed by atoms with Gasteiger partial charge < -0.3 is 15.1 Å². The quantitative estimate of drug-likeness (QED) is 0.766. The number of hydrogen-bond acceptors (Lipinski definition) is 5. The van der Waals surface area contributed by atoms with Crippen LogP contribution >= 0.6 is 0 Å². The van der Waals surface area contributed by atoms with Crippen LogP contribution in [0.15, 0.2) is 6.20 Å². The Kier molecular flexibility index (Phi) is 6.01. The number of aromatic nitrogens is 2. The molecule has 18 heavy (non-hydrogen) atoms. The molecule has 0 aliphatic heterocycles. The van der Waals surface area contributed by atoms with Gasteiger partial charge in [0.15, 0.2) is 0 Å². The van der Waals surface area contributed by atoms with Gasteiger partial charge >= 0.3 is 0 Å². The maximum atomic E-state index is 9.43. The maximum Gasteiger partial charge on any atom is 0.131 e. The molecule has 1 aromatic rings. The largest absolute Gasteiger partial charge is 0.395 e. The summed E-state index contributed by atoms with van der Waals surface area (Å²) in [5.74, 6) is 0.977. The Labute approximate surface area is 109 Å². The van der Waals surface area contributed by atoms with Gasteiger partial charge in [0.1, 0.15) is 5.82 Å². The molecule has 0 aliphatic rings. The van der Waals surface area contributed by atoms with Crippen LogP contribution in [-0.4, -0.2) is 39.9 Å². The van der Waals surface area contributed by atoms with Gasteiger partial charge in [0.2, 0.25) is 0 Å². The van der Waals surface area contributed by atoms with Crippen molar-refractivity contribution in [2.75, 3.05) is 24.6 Å². The molecule has 1 rings (SSSR count). The van der Waals surface area contributed by atoms with Gasteiger partial charge in [-0.25, -0.2) is 9.97 Å². The molecule has 1 aromatic heterocycles. The second-order valence-corrected chi connectivity index (χ2v) is 4.58. The summed E-state index contributed by atoms with van der Waals surface area (Å²) in [5, 5.41) is 18.5. The molecule has 0 amide bonds. The van der Waals surface area contributed by atoms with E-state index in [0.717, 1.165) is 24.5 Å². The van der Waals surface area contributed by atoms with Crippen molar-refractivity contribution in [1.82, 2.24) is 9.97 Å². The zero-order valence-electron chi connectivity index (χ0n) is 11.4. The highest BCUT2D eigenvalue weighted by atomic mass is 16.3. The normalized spacial score (nSPS) is 11.0. The molecule has 0 unspecified atom stereocenters. The van der Waals surface area contributed by atoms with Gasteiger partial charge in [-0.3, -0.25) is 0 Å². The predicted octanol–water partition coefficient (Wildman–Crippen LogP) is 1.30. The van der Waals surface area contributed by atoms with E-state index in [9.17, 15) is 5.11 Å².